The molecule has 2 heterocycles. The van der Waals surface area contributed by atoms with Crippen LogP contribution in [-0.2, 0) is 11.3 Å². The van der Waals surface area contributed by atoms with Crippen molar-refractivity contribution in [1.82, 2.24) is 15.3 Å². The lowest BCUT2D eigenvalue weighted by molar-refractivity contribution is -0.131. The summed E-state index contributed by atoms with van der Waals surface area (Å²) >= 11 is 12.8. The Bertz CT molecular complexity index is 1600. The Balaban J connectivity index is 1.42. The van der Waals surface area contributed by atoms with Gasteiger partial charge in [0.2, 0.25) is 5.91 Å². The Morgan fingerprint density at radius 2 is 1.77 bits per heavy atom. The number of hydrogen-bond acceptors (Lipinski definition) is 6. The number of benzene rings is 3. The molecule has 0 aliphatic carbocycles. The molecule has 1 saturated heterocycles. The smallest absolute Gasteiger partial charge is 0.257 e. The van der Waals surface area contributed by atoms with Crippen molar-refractivity contribution in [3.8, 4) is 11.4 Å². The van der Waals surface area contributed by atoms with Gasteiger partial charge < -0.3 is 20.6 Å². The fraction of sp³-hybridized carbons (Fsp3) is 0.267. The van der Waals surface area contributed by atoms with Crippen LogP contribution in [0.2, 0.25) is 10.0 Å². The van der Waals surface area contributed by atoms with Crippen molar-refractivity contribution in [2.24, 2.45) is 5.41 Å². The summed E-state index contributed by atoms with van der Waals surface area (Å²) in [5.41, 5.74) is 2.03. The first-order valence-corrected chi connectivity index (χ1v) is 13.7. The van der Waals surface area contributed by atoms with Gasteiger partial charge >= 0.3 is 0 Å². The van der Waals surface area contributed by atoms with Crippen LogP contribution in [0.1, 0.15) is 36.2 Å². The van der Waals surface area contributed by atoms with Gasteiger partial charge in [-0.3, -0.25) is 9.59 Å². The Hall–Kier alpha value is -3.72. The van der Waals surface area contributed by atoms with E-state index in [9.17, 15) is 14.7 Å². The average Bonchev–Trinajstić information content (AvgIpc) is 2.91. The molecule has 1 fully saturated rings. The molecule has 8 nitrogen and oxygen atoms in total. The minimum Gasteiger partial charge on any atom is -0.395 e. The minimum atomic E-state index is -0.909. The number of halogens is 2. The maximum absolute atomic E-state index is 13.3. The van der Waals surface area contributed by atoms with E-state index >= 15 is 0 Å². The summed E-state index contributed by atoms with van der Waals surface area (Å²) in [6, 6.07) is 18.0. The number of fused-ring (bicyclic) bond motifs is 1. The van der Waals surface area contributed by atoms with E-state index in [0.29, 0.717) is 27.6 Å². The number of anilines is 2. The Kier molecular flexibility index (Phi) is 7.94. The number of hydrogen-bond donors (Lipinski definition) is 3. The molecule has 2 amide bonds. The van der Waals surface area contributed by atoms with Crippen molar-refractivity contribution in [3.05, 3.63) is 81.8 Å². The molecular weight excluding hydrogens is 549 g/mol. The van der Waals surface area contributed by atoms with Gasteiger partial charge in [0.1, 0.15) is 5.82 Å². The van der Waals surface area contributed by atoms with Crippen molar-refractivity contribution in [1.29, 1.82) is 0 Å². The molecule has 0 saturated carbocycles. The van der Waals surface area contributed by atoms with E-state index in [-0.39, 0.29) is 29.6 Å². The third-order valence-electron chi connectivity index (χ3n) is 6.94. The quantitative estimate of drug-likeness (QED) is 0.248. The van der Waals surface area contributed by atoms with E-state index in [1.807, 2.05) is 36.4 Å². The molecule has 206 valence electrons. The first-order valence-electron chi connectivity index (χ1n) is 13.0. The van der Waals surface area contributed by atoms with E-state index < -0.39 is 11.3 Å². The highest BCUT2D eigenvalue weighted by Gasteiger charge is 2.26. The van der Waals surface area contributed by atoms with E-state index in [4.69, 9.17) is 33.2 Å². The van der Waals surface area contributed by atoms with Gasteiger partial charge in [0.15, 0.2) is 5.82 Å². The molecule has 10 heteroatoms. The first kappa shape index (κ1) is 27.8. The molecule has 0 radical (unpaired) electrons. The summed E-state index contributed by atoms with van der Waals surface area (Å²) in [6.45, 7) is 5.06. The lowest BCUT2D eigenvalue weighted by Gasteiger charge is -2.33. The third-order valence-corrected chi connectivity index (χ3v) is 7.60. The standard InChI is InChI=1S/C30H29Cl2N5O3/c1-30(2,17-38)29(40)33-16-18-8-11-24(32)22(14-18)28(39)34-19-9-10-21-25(15-19)35-26(20-6-3-4-7-23(20)31)36-27(21)37-12-5-13-37/h3-4,6-11,14-15,38H,5,12-13,16-17H2,1-2H3,(H,33,40)(H,34,39). The van der Waals surface area contributed by atoms with E-state index in [0.717, 1.165) is 36.3 Å². The molecule has 0 spiro atoms. The van der Waals surface area contributed by atoms with Crippen LogP contribution in [-0.4, -0.2) is 46.6 Å². The first-order chi connectivity index (χ1) is 19.2. The molecular formula is C30H29Cl2N5O3. The van der Waals surface area contributed by atoms with Crippen molar-refractivity contribution in [2.45, 2.75) is 26.8 Å². The Labute approximate surface area is 242 Å². The van der Waals surface area contributed by atoms with Crippen LogP contribution >= 0.6 is 23.2 Å². The topological polar surface area (TPSA) is 107 Å². The summed E-state index contributed by atoms with van der Waals surface area (Å²) in [5.74, 6) is 0.677. The molecule has 3 aromatic carbocycles. The van der Waals surface area contributed by atoms with Crippen LogP contribution in [0.15, 0.2) is 60.7 Å². The molecule has 0 bridgehead atoms. The maximum atomic E-state index is 13.3. The second-order valence-corrected chi connectivity index (χ2v) is 11.2. The molecule has 1 aliphatic rings. The normalized spacial score (nSPS) is 13.2. The number of nitrogens with one attached hydrogen (secondary N) is 2. The maximum Gasteiger partial charge on any atom is 0.257 e. The summed E-state index contributed by atoms with van der Waals surface area (Å²) in [7, 11) is 0. The average molecular weight is 579 g/mol. The number of aromatic nitrogens is 2. The van der Waals surface area contributed by atoms with Crippen molar-refractivity contribution in [2.75, 3.05) is 29.9 Å². The number of nitrogens with zero attached hydrogens (tertiary/aromatic N) is 3. The molecule has 5 rings (SSSR count). The predicted octanol–water partition coefficient (Wildman–Crippen LogP) is 5.70. The number of carbonyl (C=O) groups is 2. The van der Waals surface area contributed by atoms with Crippen molar-refractivity contribution >= 4 is 57.4 Å². The minimum absolute atomic E-state index is 0.191. The van der Waals surface area contributed by atoms with Crippen LogP contribution in [0.3, 0.4) is 0 Å². The van der Waals surface area contributed by atoms with Crippen molar-refractivity contribution in [3.63, 3.8) is 0 Å². The number of rotatable bonds is 8. The summed E-state index contributed by atoms with van der Waals surface area (Å²) in [6.07, 6.45) is 1.10. The SMILES string of the molecule is CC(C)(CO)C(=O)NCc1ccc(Cl)c(C(=O)Nc2ccc3c(N4CCC4)nc(-c4ccccc4Cl)nc3c2)c1. The zero-order valence-corrected chi connectivity index (χ0v) is 23.7. The molecule has 0 unspecified atom stereocenters. The zero-order valence-electron chi connectivity index (χ0n) is 22.2. The van der Waals surface area contributed by atoms with E-state index in [1.165, 1.54) is 0 Å². The van der Waals surface area contributed by atoms with Gasteiger partial charge in [-0.1, -0.05) is 41.4 Å². The largest absolute Gasteiger partial charge is 0.395 e. The van der Waals surface area contributed by atoms with Crippen LogP contribution in [0.4, 0.5) is 11.5 Å². The van der Waals surface area contributed by atoms with Gasteiger partial charge in [-0.2, -0.15) is 0 Å². The van der Waals surface area contributed by atoms with Gasteiger partial charge in [-0.25, -0.2) is 9.97 Å². The number of aliphatic hydroxyl groups is 1. The second kappa shape index (κ2) is 11.4. The highest BCUT2D eigenvalue weighted by Crippen LogP contribution is 2.34. The molecule has 4 aromatic rings. The monoisotopic (exact) mass is 577 g/mol. The van der Waals surface area contributed by atoms with Gasteiger partial charge in [0.05, 0.1) is 33.1 Å². The molecule has 1 aliphatic heterocycles. The lowest BCUT2D eigenvalue weighted by Crippen LogP contribution is -2.38. The molecule has 0 atom stereocenters. The summed E-state index contributed by atoms with van der Waals surface area (Å²) in [4.78, 5) is 37.4. The van der Waals surface area contributed by atoms with Crippen LogP contribution in [0.5, 0.6) is 0 Å². The van der Waals surface area contributed by atoms with Crippen molar-refractivity contribution < 1.29 is 14.7 Å². The lowest BCUT2D eigenvalue weighted by atomic mass is 9.93. The van der Waals surface area contributed by atoms with Crippen LogP contribution < -0.4 is 15.5 Å². The fourth-order valence-corrected chi connectivity index (χ4v) is 4.69. The highest BCUT2D eigenvalue weighted by molar-refractivity contribution is 6.34. The summed E-state index contributed by atoms with van der Waals surface area (Å²) in [5, 5.41) is 16.9. The molecule has 3 N–H and O–H groups in total. The number of carbonyl (C=O) groups excluding carboxylic acids is 2. The van der Waals surface area contributed by atoms with Gasteiger partial charge in [-0.15, -0.1) is 0 Å². The summed E-state index contributed by atoms with van der Waals surface area (Å²) < 4.78 is 0. The predicted molar refractivity (Wildman–Crippen MR) is 159 cm³/mol. The highest BCUT2D eigenvalue weighted by atomic mass is 35.5. The second-order valence-electron chi connectivity index (χ2n) is 10.4. The van der Waals surface area contributed by atoms with Crippen LogP contribution in [0, 0.1) is 5.41 Å². The number of aliphatic hydroxyl groups excluding tert-OH is 1. The van der Waals surface area contributed by atoms with Gasteiger partial charge in [0.25, 0.3) is 5.91 Å². The Morgan fingerprint density at radius 3 is 2.48 bits per heavy atom. The van der Waals surface area contributed by atoms with Crippen LogP contribution in [0.25, 0.3) is 22.3 Å². The Morgan fingerprint density at radius 1 is 1.00 bits per heavy atom. The third kappa shape index (κ3) is 5.75. The van der Waals surface area contributed by atoms with Gasteiger partial charge in [-0.05, 0) is 68.3 Å². The van der Waals surface area contributed by atoms with E-state index in [2.05, 4.69) is 15.5 Å². The zero-order chi connectivity index (χ0) is 28.4. The number of amides is 2. The fourth-order valence-electron chi connectivity index (χ4n) is 4.27. The molecule has 1 aromatic heterocycles. The van der Waals surface area contributed by atoms with E-state index in [1.54, 1.807) is 38.1 Å². The van der Waals surface area contributed by atoms with Gasteiger partial charge in [0, 0.05) is 36.3 Å². The molecule has 40 heavy (non-hydrogen) atoms.